The smallest absolute Gasteiger partial charge is 0.237 e. The molecule has 1 amide bonds. The Hall–Kier alpha value is -1.11. The van der Waals surface area contributed by atoms with Gasteiger partial charge in [-0.3, -0.25) is 4.79 Å². The number of likely N-dealkylation sites (tertiary alicyclic amines) is 1. The zero-order chi connectivity index (χ0) is 16.7. The molecule has 1 unspecified atom stereocenters. The Morgan fingerprint density at radius 3 is 2.67 bits per heavy atom. The maximum Gasteiger partial charge on any atom is 0.237 e. The zero-order valence-corrected chi connectivity index (χ0v) is 15.7. The number of hydrogen-bond acceptors (Lipinski definition) is 4. The third kappa shape index (κ3) is 6.79. The van der Waals surface area contributed by atoms with E-state index in [2.05, 4.69) is 5.32 Å². The number of carbonyl (C=O) groups excluding carboxylic acids is 1. The monoisotopic (exact) mass is 374 g/mol. The number of nitrogens with one attached hydrogen (secondary N) is 1. The minimum absolute atomic E-state index is 0. The molecule has 0 aliphatic carbocycles. The molecular weight excluding hydrogens is 348 g/mol. The van der Waals surface area contributed by atoms with E-state index in [-0.39, 0.29) is 29.8 Å². The Labute approximate surface area is 151 Å². The Bertz CT molecular complexity index is 608. The van der Waals surface area contributed by atoms with E-state index >= 15 is 0 Å². The van der Waals surface area contributed by atoms with Crippen molar-refractivity contribution in [3.63, 3.8) is 0 Å². The summed E-state index contributed by atoms with van der Waals surface area (Å²) in [7, 11) is -1.43. The van der Waals surface area contributed by atoms with Crippen molar-refractivity contribution in [3.05, 3.63) is 35.9 Å². The van der Waals surface area contributed by atoms with E-state index in [9.17, 15) is 13.2 Å². The van der Waals surface area contributed by atoms with Gasteiger partial charge in [0.25, 0.3) is 0 Å². The molecule has 0 spiro atoms. The Balaban J connectivity index is 0.00000288. The first-order chi connectivity index (χ1) is 11.0. The van der Waals surface area contributed by atoms with Crippen LogP contribution in [0, 0.1) is 5.92 Å². The second-order valence-corrected chi connectivity index (χ2v) is 8.42. The number of amides is 1. The van der Waals surface area contributed by atoms with Gasteiger partial charge in [-0.05, 0) is 44.3 Å². The molecule has 1 aliphatic heterocycles. The summed E-state index contributed by atoms with van der Waals surface area (Å²) in [4.78, 5) is 13.9. The van der Waals surface area contributed by atoms with Gasteiger partial charge in [0.15, 0.2) is 9.84 Å². The Morgan fingerprint density at radius 1 is 1.29 bits per heavy atom. The van der Waals surface area contributed by atoms with Crippen LogP contribution in [0.5, 0.6) is 0 Å². The number of carbonyl (C=O) groups is 1. The summed E-state index contributed by atoms with van der Waals surface area (Å²) >= 11 is 0. The molecule has 7 heteroatoms. The first-order valence-corrected chi connectivity index (χ1v) is 9.99. The molecule has 1 aliphatic rings. The lowest BCUT2D eigenvalue weighted by Gasteiger charge is -2.16. The van der Waals surface area contributed by atoms with Crippen molar-refractivity contribution in [2.24, 2.45) is 5.92 Å². The molecule has 0 radical (unpaired) electrons. The number of nitrogens with zero attached hydrogens (tertiary/aromatic N) is 1. The van der Waals surface area contributed by atoms with Gasteiger partial charge in [-0.1, -0.05) is 30.3 Å². The molecule has 24 heavy (non-hydrogen) atoms. The molecule has 1 heterocycles. The van der Waals surface area contributed by atoms with E-state index < -0.39 is 9.84 Å². The highest BCUT2D eigenvalue weighted by Gasteiger charge is 2.28. The molecule has 1 saturated heterocycles. The Kier molecular flexibility index (Phi) is 8.73. The molecule has 1 atom stereocenters. The number of rotatable bonds is 8. The number of aryl methyl sites for hydroxylation is 1. The average molecular weight is 375 g/mol. The van der Waals surface area contributed by atoms with Crippen molar-refractivity contribution in [3.8, 4) is 0 Å². The molecule has 136 valence electrons. The molecule has 1 fully saturated rings. The summed E-state index contributed by atoms with van der Waals surface area (Å²) in [5.74, 6) is -0.0943. The topological polar surface area (TPSA) is 66.5 Å². The van der Waals surface area contributed by atoms with E-state index in [1.165, 1.54) is 0 Å². The molecule has 5 nitrogen and oxygen atoms in total. The SMILES string of the molecule is CNCC1CCN(C(=O)CS(=O)(=O)CCCc2ccccc2)C1.Cl. The Morgan fingerprint density at radius 2 is 2.00 bits per heavy atom. The molecule has 1 N–H and O–H groups in total. The highest BCUT2D eigenvalue weighted by atomic mass is 35.5. The fraction of sp³-hybridized carbons (Fsp3) is 0.588. The van der Waals surface area contributed by atoms with Crippen LogP contribution in [-0.2, 0) is 21.1 Å². The van der Waals surface area contributed by atoms with Crippen molar-refractivity contribution in [1.29, 1.82) is 0 Å². The van der Waals surface area contributed by atoms with Gasteiger partial charge in [-0.25, -0.2) is 8.42 Å². The highest BCUT2D eigenvalue weighted by Crippen LogP contribution is 2.16. The average Bonchev–Trinajstić information content (AvgIpc) is 2.97. The van der Waals surface area contributed by atoms with Crippen molar-refractivity contribution in [2.75, 3.05) is 38.2 Å². The molecular formula is C17H27ClN2O3S. The first-order valence-electron chi connectivity index (χ1n) is 8.17. The second kappa shape index (κ2) is 10.0. The summed E-state index contributed by atoms with van der Waals surface area (Å²) in [5, 5.41) is 3.10. The lowest BCUT2D eigenvalue weighted by molar-refractivity contribution is -0.127. The van der Waals surface area contributed by atoms with Gasteiger partial charge in [0.05, 0.1) is 5.75 Å². The quantitative estimate of drug-likeness (QED) is 0.749. The van der Waals surface area contributed by atoms with Crippen LogP contribution >= 0.6 is 12.4 Å². The maximum absolute atomic E-state index is 12.2. The van der Waals surface area contributed by atoms with Gasteiger partial charge < -0.3 is 10.2 Å². The van der Waals surface area contributed by atoms with Gasteiger partial charge in [0.1, 0.15) is 5.75 Å². The largest absolute Gasteiger partial charge is 0.341 e. The predicted molar refractivity (Wildman–Crippen MR) is 99.3 cm³/mol. The van der Waals surface area contributed by atoms with Crippen molar-refractivity contribution >= 4 is 28.2 Å². The van der Waals surface area contributed by atoms with Gasteiger partial charge in [-0.2, -0.15) is 0 Å². The van der Waals surface area contributed by atoms with Crippen LogP contribution in [0.25, 0.3) is 0 Å². The molecule has 0 saturated carbocycles. The van der Waals surface area contributed by atoms with Crippen LogP contribution in [0.2, 0.25) is 0 Å². The van der Waals surface area contributed by atoms with Crippen LogP contribution in [-0.4, -0.2) is 57.4 Å². The van der Waals surface area contributed by atoms with E-state index in [1.54, 1.807) is 4.90 Å². The number of sulfone groups is 1. The third-order valence-electron chi connectivity index (χ3n) is 4.24. The number of halogens is 1. The van der Waals surface area contributed by atoms with E-state index in [0.717, 1.165) is 24.9 Å². The fourth-order valence-electron chi connectivity index (χ4n) is 3.01. The van der Waals surface area contributed by atoms with Crippen LogP contribution in [0.15, 0.2) is 30.3 Å². The van der Waals surface area contributed by atoms with Crippen LogP contribution in [0.3, 0.4) is 0 Å². The first kappa shape index (κ1) is 20.9. The summed E-state index contributed by atoms with van der Waals surface area (Å²) in [6, 6.07) is 9.81. The molecule has 1 aromatic rings. The van der Waals surface area contributed by atoms with Gasteiger partial charge >= 0.3 is 0 Å². The van der Waals surface area contributed by atoms with E-state index in [4.69, 9.17) is 0 Å². The van der Waals surface area contributed by atoms with Gasteiger partial charge in [0.2, 0.25) is 5.91 Å². The minimum Gasteiger partial charge on any atom is -0.341 e. The van der Waals surface area contributed by atoms with Crippen LogP contribution in [0.1, 0.15) is 18.4 Å². The molecule has 0 bridgehead atoms. The van der Waals surface area contributed by atoms with Crippen molar-refractivity contribution in [1.82, 2.24) is 10.2 Å². The lowest BCUT2D eigenvalue weighted by atomic mass is 10.1. The fourth-order valence-corrected chi connectivity index (χ4v) is 4.29. The predicted octanol–water partition coefficient (Wildman–Crippen LogP) is 1.52. The summed E-state index contributed by atoms with van der Waals surface area (Å²) in [6.07, 6.45) is 2.23. The molecule has 2 rings (SSSR count). The number of hydrogen-bond donors (Lipinski definition) is 1. The van der Waals surface area contributed by atoms with Crippen molar-refractivity contribution in [2.45, 2.75) is 19.3 Å². The van der Waals surface area contributed by atoms with Gasteiger partial charge in [0, 0.05) is 13.1 Å². The normalized spacial score (nSPS) is 17.5. The standard InChI is InChI=1S/C17H26N2O3S.ClH/c1-18-12-16-9-10-19(13-16)17(20)14-23(21,22)11-5-8-15-6-3-2-4-7-15;/h2-4,6-7,16,18H,5,8-14H2,1H3;1H. The summed E-state index contributed by atoms with van der Waals surface area (Å²) in [6.45, 7) is 2.21. The van der Waals surface area contributed by atoms with Crippen LogP contribution in [0.4, 0.5) is 0 Å². The summed E-state index contributed by atoms with van der Waals surface area (Å²) in [5.41, 5.74) is 1.13. The van der Waals surface area contributed by atoms with E-state index in [0.29, 0.717) is 25.4 Å². The minimum atomic E-state index is -3.32. The zero-order valence-electron chi connectivity index (χ0n) is 14.1. The third-order valence-corrected chi connectivity index (χ3v) is 5.84. The highest BCUT2D eigenvalue weighted by molar-refractivity contribution is 7.92. The van der Waals surface area contributed by atoms with Crippen molar-refractivity contribution < 1.29 is 13.2 Å². The molecule has 0 aromatic heterocycles. The second-order valence-electron chi connectivity index (χ2n) is 6.23. The maximum atomic E-state index is 12.2. The lowest BCUT2D eigenvalue weighted by Crippen LogP contribution is -2.35. The molecule has 1 aromatic carbocycles. The number of benzene rings is 1. The van der Waals surface area contributed by atoms with Crippen LogP contribution < -0.4 is 5.32 Å². The van der Waals surface area contributed by atoms with Gasteiger partial charge in [-0.15, -0.1) is 12.4 Å². The summed E-state index contributed by atoms with van der Waals surface area (Å²) < 4.78 is 24.3. The van der Waals surface area contributed by atoms with E-state index in [1.807, 2.05) is 37.4 Å².